The fourth-order valence-corrected chi connectivity index (χ4v) is 6.86. The highest BCUT2D eigenvalue weighted by atomic mass is 32.2. The first-order valence-corrected chi connectivity index (χ1v) is 13.4. The molecule has 37 heavy (non-hydrogen) atoms. The molecule has 2 aliphatic rings. The Balaban J connectivity index is 1.76. The third-order valence-corrected chi connectivity index (χ3v) is 8.56. The summed E-state index contributed by atoms with van der Waals surface area (Å²) in [5, 5.41) is 4.04. The van der Waals surface area contributed by atoms with Gasteiger partial charge in [0.1, 0.15) is 11.4 Å². The topological polar surface area (TPSA) is 86.6 Å². The van der Waals surface area contributed by atoms with Gasteiger partial charge in [0.2, 0.25) is 9.84 Å². The van der Waals surface area contributed by atoms with Gasteiger partial charge in [0, 0.05) is 42.1 Å². The number of carbonyl (C=O) groups is 1. The Morgan fingerprint density at radius 2 is 1.84 bits per heavy atom. The maximum absolute atomic E-state index is 13.9. The van der Waals surface area contributed by atoms with Crippen LogP contribution in [0.3, 0.4) is 0 Å². The molecule has 1 fully saturated rings. The molecule has 5 rings (SSSR count). The lowest BCUT2D eigenvalue weighted by molar-refractivity contribution is -0.274. The zero-order valence-corrected chi connectivity index (χ0v) is 21.6. The second-order valence-corrected chi connectivity index (χ2v) is 12.4. The Bertz CT molecular complexity index is 1520. The summed E-state index contributed by atoms with van der Waals surface area (Å²) < 4.78 is 77.7. The van der Waals surface area contributed by atoms with E-state index in [-0.39, 0.29) is 16.5 Å². The maximum Gasteiger partial charge on any atom is 0.573 e. The number of esters is 1. The molecule has 2 aromatic carbocycles. The first-order chi connectivity index (χ1) is 17.2. The number of carbonyl (C=O) groups excluding carboxylic acids is 1. The molecule has 11 heteroatoms. The molecular formula is C26H27F3N2O5S. The molecule has 3 aromatic rings. The van der Waals surface area contributed by atoms with Gasteiger partial charge < -0.3 is 19.4 Å². The van der Waals surface area contributed by atoms with E-state index in [1.54, 1.807) is 26.8 Å². The molecule has 1 aromatic heterocycles. The van der Waals surface area contributed by atoms with Gasteiger partial charge in [0.25, 0.3) is 0 Å². The molecule has 198 valence electrons. The summed E-state index contributed by atoms with van der Waals surface area (Å²) in [5.41, 5.74) is 1.57. The number of sulfone groups is 1. The minimum Gasteiger partial charge on any atom is -0.456 e. The molecule has 2 bridgehead atoms. The van der Waals surface area contributed by atoms with Crippen LogP contribution < -0.4 is 10.1 Å². The molecule has 7 nitrogen and oxygen atoms in total. The monoisotopic (exact) mass is 536 g/mol. The van der Waals surface area contributed by atoms with Crippen LogP contribution in [0.15, 0.2) is 46.2 Å². The SMILES string of the molecule is Cn1c2c(c3c(C(=O)OC(C)(C)C)c(S(=O)(=O)c4cccc(OC(F)(F)F)c4)ccc31)C1CCC(C2)N1. The van der Waals surface area contributed by atoms with Crippen molar-refractivity contribution in [2.75, 3.05) is 0 Å². The number of fused-ring (bicyclic) bond motifs is 6. The summed E-state index contributed by atoms with van der Waals surface area (Å²) in [5.74, 6) is -1.49. The molecule has 0 spiro atoms. The molecule has 0 radical (unpaired) electrons. The van der Waals surface area contributed by atoms with E-state index in [4.69, 9.17) is 4.74 Å². The molecule has 1 saturated heterocycles. The molecule has 0 amide bonds. The number of nitrogens with zero attached hydrogens (tertiary/aromatic N) is 1. The van der Waals surface area contributed by atoms with Gasteiger partial charge in [-0.1, -0.05) is 6.07 Å². The molecular weight excluding hydrogens is 509 g/mol. The van der Waals surface area contributed by atoms with Gasteiger partial charge >= 0.3 is 12.3 Å². The van der Waals surface area contributed by atoms with Crippen molar-refractivity contribution in [1.82, 2.24) is 9.88 Å². The highest BCUT2D eigenvalue weighted by Crippen LogP contribution is 2.44. The predicted molar refractivity (Wildman–Crippen MR) is 129 cm³/mol. The standard InChI is InChI=1S/C26H27F3N2O5S/c1-25(2,3)36-24(32)23-20(37(33,34)16-7-5-6-15(13-16)35-26(27,28)29)11-10-18-22(23)21-17-9-8-14(30-17)12-19(21)31(18)4/h5-7,10-11,13-14,17,30H,8-9,12H2,1-4H3. The second kappa shape index (κ2) is 8.49. The Morgan fingerprint density at radius 3 is 2.51 bits per heavy atom. The van der Waals surface area contributed by atoms with Crippen LogP contribution in [0.1, 0.15) is 61.3 Å². The number of rotatable bonds is 4. The fourth-order valence-electron chi connectivity index (χ4n) is 5.38. The lowest BCUT2D eigenvalue weighted by Gasteiger charge is -2.24. The van der Waals surface area contributed by atoms with Crippen LogP contribution in [-0.4, -0.2) is 37.0 Å². The second-order valence-electron chi connectivity index (χ2n) is 10.5. The number of alkyl halides is 3. The third-order valence-electron chi connectivity index (χ3n) is 6.76. The number of nitrogens with one attached hydrogen (secondary N) is 1. The van der Waals surface area contributed by atoms with Crippen molar-refractivity contribution in [2.45, 2.75) is 73.9 Å². The number of ether oxygens (including phenoxy) is 2. The van der Waals surface area contributed by atoms with Crippen molar-refractivity contribution in [3.8, 4) is 5.75 Å². The van der Waals surface area contributed by atoms with Crippen LogP contribution in [0.5, 0.6) is 5.75 Å². The lowest BCUT2D eigenvalue weighted by atomic mass is 9.96. The minimum absolute atomic E-state index is 0.0416. The van der Waals surface area contributed by atoms with Crippen molar-refractivity contribution in [2.24, 2.45) is 7.05 Å². The van der Waals surface area contributed by atoms with Crippen LogP contribution in [0.4, 0.5) is 13.2 Å². The molecule has 0 aliphatic carbocycles. The first kappa shape index (κ1) is 25.6. The van der Waals surface area contributed by atoms with Gasteiger partial charge in [-0.25, -0.2) is 13.2 Å². The summed E-state index contributed by atoms with van der Waals surface area (Å²) in [6.45, 7) is 5.04. The van der Waals surface area contributed by atoms with E-state index in [0.29, 0.717) is 16.9 Å². The number of aromatic nitrogens is 1. The van der Waals surface area contributed by atoms with Crippen LogP contribution in [-0.2, 0) is 28.0 Å². The van der Waals surface area contributed by atoms with E-state index in [0.717, 1.165) is 48.7 Å². The molecule has 3 heterocycles. The summed E-state index contributed by atoms with van der Waals surface area (Å²) in [4.78, 5) is 12.9. The summed E-state index contributed by atoms with van der Waals surface area (Å²) in [6, 6.07) is 7.38. The number of halogens is 3. The number of hydrogen-bond donors (Lipinski definition) is 1. The van der Waals surface area contributed by atoms with Crippen molar-refractivity contribution in [3.05, 3.63) is 53.2 Å². The molecule has 0 saturated carbocycles. The van der Waals surface area contributed by atoms with Crippen LogP contribution in [0.2, 0.25) is 0 Å². The average molecular weight is 537 g/mol. The van der Waals surface area contributed by atoms with Gasteiger partial charge in [-0.2, -0.15) is 0 Å². The smallest absolute Gasteiger partial charge is 0.456 e. The van der Waals surface area contributed by atoms with Gasteiger partial charge in [0.05, 0.1) is 15.4 Å². The van der Waals surface area contributed by atoms with E-state index in [9.17, 15) is 26.4 Å². The van der Waals surface area contributed by atoms with Gasteiger partial charge in [-0.15, -0.1) is 13.2 Å². The molecule has 2 unspecified atom stereocenters. The fraction of sp³-hybridized carbons (Fsp3) is 0.423. The number of benzene rings is 2. The van der Waals surface area contributed by atoms with E-state index in [1.165, 1.54) is 12.1 Å². The van der Waals surface area contributed by atoms with Crippen molar-refractivity contribution >= 4 is 26.7 Å². The Morgan fingerprint density at radius 1 is 1.11 bits per heavy atom. The van der Waals surface area contributed by atoms with Crippen LogP contribution in [0.25, 0.3) is 10.9 Å². The Labute approximate surface area is 212 Å². The highest BCUT2D eigenvalue weighted by Gasteiger charge is 2.40. The third kappa shape index (κ3) is 4.59. The molecule has 1 N–H and O–H groups in total. The highest BCUT2D eigenvalue weighted by molar-refractivity contribution is 7.91. The van der Waals surface area contributed by atoms with Gasteiger partial charge in [0.15, 0.2) is 0 Å². The van der Waals surface area contributed by atoms with Gasteiger partial charge in [-0.05, 0) is 69.5 Å². The number of aryl methyl sites for hydroxylation is 1. The summed E-state index contributed by atoms with van der Waals surface area (Å²) in [6.07, 6.45) is -2.44. The lowest BCUT2D eigenvalue weighted by Crippen LogP contribution is -2.32. The normalized spacial score (nSPS) is 19.6. The maximum atomic E-state index is 13.9. The van der Waals surface area contributed by atoms with Crippen molar-refractivity contribution in [3.63, 3.8) is 0 Å². The Kier molecular flexibility index (Phi) is 5.87. The first-order valence-electron chi connectivity index (χ1n) is 11.9. The van der Waals surface area contributed by atoms with Crippen LogP contribution in [0, 0.1) is 0 Å². The zero-order chi connectivity index (χ0) is 26.9. The zero-order valence-electron chi connectivity index (χ0n) is 20.8. The van der Waals surface area contributed by atoms with E-state index in [2.05, 4.69) is 10.1 Å². The van der Waals surface area contributed by atoms with E-state index >= 15 is 0 Å². The predicted octanol–water partition coefficient (Wildman–Crippen LogP) is 5.21. The molecule has 2 atom stereocenters. The summed E-state index contributed by atoms with van der Waals surface area (Å²) >= 11 is 0. The van der Waals surface area contributed by atoms with Crippen LogP contribution >= 0.6 is 0 Å². The molecule has 2 aliphatic heterocycles. The largest absolute Gasteiger partial charge is 0.573 e. The average Bonchev–Trinajstić information content (AvgIpc) is 3.29. The quantitative estimate of drug-likeness (QED) is 0.461. The van der Waals surface area contributed by atoms with Crippen molar-refractivity contribution in [1.29, 1.82) is 0 Å². The van der Waals surface area contributed by atoms with E-state index < -0.39 is 38.4 Å². The number of hydrogen-bond acceptors (Lipinski definition) is 6. The van der Waals surface area contributed by atoms with Gasteiger partial charge in [-0.3, -0.25) is 0 Å². The minimum atomic E-state index is -4.99. The Hall–Kier alpha value is -3.05. The van der Waals surface area contributed by atoms with E-state index in [1.807, 2.05) is 11.6 Å². The summed E-state index contributed by atoms with van der Waals surface area (Å²) in [7, 11) is -2.56. The van der Waals surface area contributed by atoms with Crippen molar-refractivity contribution < 1.29 is 35.9 Å².